The molecular weight excluding hydrogens is 524 g/mol. The Bertz CT molecular complexity index is 1030. The average Bonchev–Trinajstić information content (AvgIpc) is 3.79. The highest BCUT2D eigenvalue weighted by Crippen LogP contribution is 2.59. The van der Waals surface area contributed by atoms with Gasteiger partial charge in [-0.25, -0.2) is 0 Å². The van der Waals surface area contributed by atoms with Crippen LogP contribution in [0.15, 0.2) is 24.3 Å². The zero-order chi connectivity index (χ0) is 29.7. The number of hydrogen-bond donors (Lipinski definition) is 1. The SMILES string of the molecule is CCC(CCCC(CCCC(C)C(=O)OC1(CC)CCCC1)C(=O)OC1CC2CC1C1CCCC21)c1ccc(O)cc1. The largest absolute Gasteiger partial charge is 0.508 e. The fraction of sp³-hybridized carbons (Fsp3) is 0.784. The molecule has 0 aromatic heterocycles. The first-order valence-electron chi connectivity index (χ1n) is 17.5. The Morgan fingerprint density at radius 2 is 1.57 bits per heavy atom. The van der Waals surface area contributed by atoms with E-state index in [1.807, 2.05) is 19.1 Å². The molecule has 8 atom stereocenters. The number of carbonyl (C=O) groups excluding carboxylic acids is 2. The summed E-state index contributed by atoms with van der Waals surface area (Å²) in [5.41, 5.74) is 1.01. The van der Waals surface area contributed by atoms with E-state index >= 15 is 0 Å². The van der Waals surface area contributed by atoms with Gasteiger partial charge in [-0.1, -0.05) is 52.2 Å². The van der Waals surface area contributed by atoms with Gasteiger partial charge in [0.15, 0.2) is 0 Å². The van der Waals surface area contributed by atoms with Gasteiger partial charge in [0.1, 0.15) is 17.5 Å². The highest BCUT2D eigenvalue weighted by molar-refractivity contribution is 5.73. The highest BCUT2D eigenvalue weighted by atomic mass is 16.6. The van der Waals surface area contributed by atoms with Gasteiger partial charge in [0, 0.05) is 0 Å². The molecule has 1 aromatic carbocycles. The van der Waals surface area contributed by atoms with Crippen molar-refractivity contribution in [2.45, 2.75) is 148 Å². The van der Waals surface area contributed by atoms with Gasteiger partial charge in [0.05, 0.1) is 11.8 Å². The molecule has 0 radical (unpaired) electrons. The number of rotatable bonds is 15. The molecule has 234 valence electrons. The van der Waals surface area contributed by atoms with Gasteiger partial charge < -0.3 is 14.6 Å². The number of phenolic OH excluding ortho intramolecular Hbond substituents is 1. The van der Waals surface area contributed by atoms with E-state index in [1.54, 1.807) is 12.1 Å². The summed E-state index contributed by atoms with van der Waals surface area (Å²) >= 11 is 0. The van der Waals surface area contributed by atoms with Crippen molar-refractivity contribution in [2.24, 2.45) is 35.5 Å². The monoisotopic (exact) mass is 580 g/mol. The van der Waals surface area contributed by atoms with Crippen molar-refractivity contribution in [3.8, 4) is 5.75 Å². The second-order valence-electron chi connectivity index (χ2n) is 14.5. The quantitative estimate of drug-likeness (QED) is 0.209. The van der Waals surface area contributed by atoms with Crippen LogP contribution in [-0.2, 0) is 19.1 Å². The van der Waals surface area contributed by atoms with E-state index in [0.717, 1.165) is 101 Å². The lowest BCUT2D eigenvalue weighted by Crippen LogP contribution is -2.34. The Hall–Kier alpha value is -2.04. The van der Waals surface area contributed by atoms with Crippen LogP contribution in [0.2, 0.25) is 0 Å². The number of carbonyl (C=O) groups is 2. The molecule has 0 heterocycles. The summed E-state index contributed by atoms with van der Waals surface area (Å²) in [6.07, 6.45) is 17.9. The van der Waals surface area contributed by atoms with Gasteiger partial charge in [-0.15, -0.1) is 0 Å². The van der Waals surface area contributed by atoms with Crippen LogP contribution in [0.4, 0.5) is 0 Å². The molecule has 1 aromatic rings. The van der Waals surface area contributed by atoms with E-state index in [2.05, 4.69) is 13.8 Å². The zero-order valence-corrected chi connectivity index (χ0v) is 26.5. The predicted molar refractivity (Wildman–Crippen MR) is 166 cm³/mol. The summed E-state index contributed by atoms with van der Waals surface area (Å²) in [6.45, 7) is 6.33. The van der Waals surface area contributed by atoms with Crippen molar-refractivity contribution in [3.63, 3.8) is 0 Å². The number of benzene rings is 1. The third-order valence-corrected chi connectivity index (χ3v) is 12.0. The minimum Gasteiger partial charge on any atom is -0.508 e. The maximum absolute atomic E-state index is 13.7. The van der Waals surface area contributed by atoms with Gasteiger partial charge >= 0.3 is 11.9 Å². The van der Waals surface area contributed by atoms with Gasteiger partial charge in [0.25, 0.3) is 0 Å². The normalized spacial score (nSPS) is 29.6. The maximum Gasteiger partial charge on any atom is 0.309 e. The molecule has 4 saturated carbocycles. The predicted octanol–water partition coefficient (Wildman–Crippen LogP) is 9.11. The topological polar surface area (TPSA) is 72.8 Å². The Kier molecular flexibility index (Phi) is 10.6. The van der Waals surface area contributed by atoms with Crippen LogP contribution < -0.4 is 0 Å². The molecule has 0 amide bonds. The van der Waals surface area contributed by atoms with Crippen LogP contribution in [0.1, 0.15) is 141 Å². The number of fused-ring (bicyclic) bond motifs is 5. The van der Waals surface area contributed by atoms with Crippen molar-refractivity contribution in [1.82, 2.24) is 0 Å². The van der Waals surface area contributed by atoms with Crippen LogP contribution in [0.5, 0.6) is 5.75 Å². The zero-order valence-electron chi connectivity index (χ0n) is 26.5. The Labute approximate surface area is 254 Å². The first kappa shape index (κ1) is 31.4. The lowest BCUT2D eigenvalue weighted by atomic mass is 9.80. The van der Waals surface area contributed by atoms with Crippen LogP contribution in [0.25, 0.3) is 0 Å². The van der Waals surface area contributed by atoms with Gasteiger partial charge in [0.2, 0.25) is 0 Å². The lowest BCUT2D eigenvalue weighted by molar-refractivity contribution is -0.164. The number of aromatic hydroxyl groups is 1. The molecule has 4 fully saturated rings. The number of hydrogen-bond acceptors (Lipinski definition) is 5. The van der Waals surface area contributed by atoms with Crippen molar-refractivity contribution >= 4 is 11.9 Å². The minimum absolute atomic E-state index is 0.00546. The molecule has 8 unspecified atom stereocenters. The summed E-state index contributed by atoms with van der Waals surface area (Å²) in [4.78, 5) is 26.7. The Balaban J connectivity index is 1.15. The van der Waals surface area contributed by atoms with E-state index < -0.39 is 0 Å². The molecule has 5 rings (SSSR count). The highest BCUT2D eigenvalue weighted by Gasteiger charge is 2.55. The fourth-order valence-corrected chi connectivity index (χ4v) is 9.38. The molecular formula is C37H56O5. The first-order chi connectivity index (χ1) is 20.3. The van der Waals surface area contributed by atoms with Crippen LogP contribution in [-0.4, -0.2) is 28.8 Å². The molecule has 4 aliphatic rings. The van der Waals surface area contributed by atoms with Gasteiger partial charge in [-0.05, 0) is 137 Å². The van der Waals surface area contributed by atoms with Gasteiger partial charge in [-0.2, -0.15) is 0 Å². The Morgan fingerprint density at radius 1 is 0.881 bits per heavy atom. The molecule has 1 N–H and O–H groups in total. The van der Waals surface area contributed by atoms with E-state index in [4.69, 9.17) is 9.47 Å². The average molecular weight is 581 g/mol. The Morgan fingerprint density at radius 3 is 2.26 bits per heavy atom. The minimum atomic E-state index is -0.246. The van der Waals surface area contributed by atoms with Crippen molar-refractivity contribution < 1.29 is 24.2 Å². The maximum atomic E-state index is 13.7. The van der Waals surface area contributed by atoms with Crippen molar-refractivity contribution in [1.29, 1.82) is 0 Å². The smallest absolute Gasteiger partial charge is 0.309 e. The van der Waals surface area contributed by atoms with E-state index in [-0.39, 0.29) is 35.5 Å². The van der Waals surface area contributed by atoms with Crippen LogP contribution in [0, 0.1) is 35.5 Å². The fourth-order valence-electron chi connectivity index (χ4n) is 9.38. The summed E-state index contributed by atoms with van der Waals surface area (Å²) in [5.74, 6) is 3.44. The standard InChI is InChI=1S/C37H56O5/c1-4-26(27-17-19-30(38)20-18-27)12-9-14-28(13-8-11-25(3)35(39)42-37(5-2)21-6-7-22-37)36(40)41-34-24-29-23-33(34)32-16-10-15-31(29)32/h17-20,25-26,28-29,31-34,38H,4-16,21-24H2,1-3H3. The lowest BCUT2D eigenvalue weighted by Gasteiger charge is -2.32. The van der Waals surface area contributed by atoms with E-state index in [9.17, 15) is 14.7 Å². The summed E-state index contributed by atoms with van der Waals surface area (Å²) in [6, 6.07) is 7.58. The second-order valence-corrected chi connectivity index (χ2v) is 14.5. The van der Waals surface area contributed by atoms with Crippen LogP contribution in [0.3, 0.4) is 0 Å². The van der Waals surface area contributed by atoms with E-state index in [1.165, 1.54) is 31.2 Å². The van der Waals surface area contributed by atoms with Crippen molar-refractivity contribution in [2.75, 3.05) is 0 Å². The summed E-state index contributed by atoms with van der Waals surface area (Å²) in [7, 11) is 0. The van der Waals surface area contributed by atoms with Crippen molar-refractivity contribution in [3.05, 3.63) is 29.8 Å². The summed E-state index contributed by atoms with van der Waals surface area (Å²) < 4.78 is 12.4. The number of esters is 2. The molecule has 5 heteroatoms. The number of ether oxygens (including phenoxy) is 2. The van der Waals surface area contributed by atoms with Crippen LogP contribution >= 0.6 is 0 Å². The van der Waals surface area contributed by atoms with Gasteiger partial charge in [-0.3, -0.25) is 9.59 Å². The molecule has 42 heavy (non-hydrogen) atoms. The first-order valence-corrected chi connectivity index (χ1v) is 17.5. The third-order valence-electron chi connectivity index (χ3n) is 12.0. The molecule has 2 bridgehead atoms. The molecule has 4 aliphatic carbocycles. The summed E-state index contributed by atoms with van der Waals surface area (Å²) in [5, 5.41) is 9.70. The molecule has 0 aliphatic heterocycles. The van der Waals surface area contributed by atoms with E-state index in [0.29, 0.717) is 17.6 Å². The number of phenols is 1. The second kappa shape index (κ2) is 14.2. The third kappa shape index (κ3) is 7.18. The molecule has 0 spiro atoms. The molecule has 5 nitrogen and oxygen atoms in total. The molecule has 0 saturated heterocycles.